The third-order valence-electron chi connectivity index (χ3n) is 2.04. The van der Waals surface area contributed by atoms with Crippen molar-refractivity contribution in [3.63, 3.8) is 0 Å². The summed E-state index contributed by atoms with van der Waals surface area (Å²) in [4.78, 5) is 4.60. The van der Waals surface area contributed by atoms with Crippen molar-refractivity contribution in [1.82, 2.24) is 0 Å². The smallest absolute Gasteiger partial charge is 0.161 e. The Hall–Kier alpha value is -0.480. The van der Waals surface area contributed by atoms with Crippen molar-refractivity contribution in [2.75, 3.05) is 11.1 Å². The lowest BCUT2D eigenvalue weighted by molar-refractivity contribution is 0.605. The highest BCUT2D eigenvalue weighted by molar-refractivity contribution is 9.10. The van der Waals surface area contributed by atoms with Crippen LogP contribution < -0.4 is 5.32 Å². The Kier molecular flexibility index (Phi) is 3.07. The van der Waals surface area contributed by atoms with Crippen LogP contribution in [0.4, 0.5) is 5.69 Å². The van der Waals surface area contributed by atoms with Crippen LogP contribution in [0.3, 0.4) is 0 Å². The highest BCUT2D eigenvalue weighted by Gasteiger charge is 2.25. The molecule has 2 rings (SSSR count). The molecule has 0 saturated carbocycles. The van der Waals surface area contributed by atoms with Crippen LogP contribution in [0, 0.1) is 0 Å². The van der Waals surface area contributed by atoms with E-state index in [4.69, 9.17) is 0 Å². The summed E-state index contributed by atoms with van der Waals surface area (Å²) in [5, 5.41) is 4.33. The number of halogens is 1. The molecule has 1 heterocycles. The first-order valence-electron chi connectivity index (χ1n) is 4.80. The molecular weight excluding hydrogens is 272 g/mol. The first-order chi connectivity index (χ1) is 7.05. The maximum atomic E-state index is 4.60. The van der Waals surface area contributed by atoms with Gasteiger partial charge in [0.15, 0.2) is 5.17 Å². The van der Waals surface area contributed by atoms with Gasteiger partial charge in [0.05, 0.1) is 5.54 Å². The van der Waals surface area contributed by atoms with Crippen LogP contribution in [0.15, 0.2) is 33.7 Å². The molecule has 0 spiro atoms. The van der Waals surface area contributed by atoms with Gasteiger partial charge in [-0.1, -0.05) is 33.8 Å². The molecule has 0 fully saturated rings. The quantitative estimate of drug-likeness (QED) is 0.850. The Labute approximate surface area is 103 Å². The van der Waals surface area contributed by atoms with Crippen LogP contribution in [0.5, 0.6) is 0 Å². The molecule has 0 atom stereocenters. The summed E-state index contributed by atoms with van der Waals surface area (Å²) in [6.45, 7) is 4.30. The summed E-state index contributed by atoms with van der Waals surface area (Å²) in [6, 6.07) is 8.12. The number of amidine groups is 1. The van der Waals surface area contributed by atoms with Crippen molar-refractivity contribution in [2.24, 2.45) is 4.99 Å². The molecule has 80 valence electrons. The number of nitrogens with one attached hydrogen (secondary N) is 1. The lowest BCUT2D eigenvalue weighted by Crippen LogP contribution is -2.15. The molecule has 1 aliphatic heterocycles. The first-order valence-corrected chi connectivity index (χ1v) is 6.58. The maximum absolute atomic E-state index is 4.60. The predicted octanol–water partition coefficient (Wildman–Crippen LogP) is 3.74. The fourth-order valence-electron chi connectivity index (χ4n) is 1.34. The summed E-state index contributed by atoms with van der Waals surface area (Å²) in [5.74, 6) is 1.04. The maximum Gasteiger partial charge on any atom is 0.161 e. The number of hydrogen-bond donors (Lipinski definition) is 1. The fourth-order valence-corrected chi connectivity index (χ4v) is 2.79. The van der Waals surface area contributed by atoms with Crippen molar-refractivity contribution in [1.29, 1.82) is 0 Å². The second-order valence-corrected chi connectivity index (χ2v) is 6.03. The van der Waals surface area contributed by atoms with Crippen molar-refractivity contribution in [2.45, 2.75) is 19.4 Å². The second-order valence-electron chi connectivity index (χ2n) is 4.15. The molecule has 0 bridgehead atoms. The van der Waals surface area contributed by atoms with Gasteiger partial charge in [0.25, 0.3) is 0 Å². The van der Waals surface area contributed by atoms with E-state index in [-0.39, 0.29) is 5.54 Å². The van der Waals surface area contributed by atoms with Crippen LogP contribution in [-0.4, -0.2) is 16.5 Å². The van der Waals surface area contributed by atoms with Gasteiger partial charge in [-0.05, 0) is 32.0 Å². The SMILES string of the molecule is CC1(C)CSC(Nc2cccc(Br)c2)=N1. The molecule has 1 aromatic carbocycles. The minimum atomic E-state index is 0.0685. The average Bonchev–Trinajstić information content (AvgIpc) is 2.45. The van der Waals surface area contributed by atoms with E-state index in [1.165, 1.54) is 0 Å². The molecule has 0 amide bonds. The normalized spacial score (nSPS) is 18.7. The number of anilines is 1. The minimum absolute atomic E-state index is 0.0685. The van der Waals surface area contributed by atoms with Crippen LogP contribution >= 0.6 is 27.7 Å². The van der Waals surface area contributed by atoms with Crippen LogP contribution in [0.1, 0.15) is 13.8 Å². The summed E-state index contributed by atoms with van der Waals surface area (Å²) in [7, 11) is 0. The number of benzene rings is 1. The minimum Gasteiger partial charge on any atom is -0.335 e. The van der Waals surface area contributed by atoms with Gasteiger partial charge in [-0.2, -0.15) is 0 Å². The van der Waals surface area contributed by atoms with Gasteiger partial charge in [0.2, 0.25) is 0 Å². The molecule has 2 nitrogen and oxygen atoms in total. The first kappa shape index (κ1) is 11.0. The molecule has 0 aliphatic carbocycles. The zero-order valence-electron chi connectivity index (χ0n) is 8.75. The van der Waals surface area contributed by atoms with Gasteiger partial charge in [-0.3, -0.25) is 4.99 Å². The van der Waals surface area contributed by atoms with Crippen molar-refractivity contribution < 1.29 is 0 Å². The van der Waals surface area contributed by atoms with E-state index in [2.05, 4.69) is 46.2 Å². The van der Waals surface area contributed by atoms with Crippen molar-refractivity contribution in [3.05, 3.63) is 28.7 Å². The van der Waals surface area contributed by atoms with Gasteiger partial charge in [-0.25, -0.2) is 0 Å². The molecule has 1 aromatic rings. The Morgan fingerprint density at radius 1 is 1.47 bits per heavy atom. The predicted molar refractivity (Wildman–Crippen MR) is 71.7 cm³/mol. The topological polar surface area (TPSA) is 24.4 Å². The lowest BCUT2D eigenvalue weighted by atomic mass is 10.1. The van der Waals surface area contributed by atoms with E-state index >= 15 is 0 Å². The van der Waals surface area contributed by atoms with Crippen molar-refractivity contribution >= 4 is 38.5 Å². The van der Waals surface area contributed by atoms with E-state index in [0.29, 0.717) is 0 Å². The fraction of sp³-hybridized carbons (Fsp3) is 0.364. The highest BCUT2D eigenvalue weighted by atomic mass is 79.9. The Morgan fingerprint density at radius 2 is 2.27 bits per heavy atom. The van der Waals surface area contributed by atoms with E-state index in [1.54, 1.807) is 11.8 Å². The van der Waals surface area contributed by atoms with Gasteiger partial charge in [-0.15, -0.1) is 0 Å². The Morgan fingerprint density at radius 3 is 2.87 bits per heavy atom. The zero-order chi connectivity index (χ0) is 10.9. The molecule has 0 saturated heterocycles. The van der Waals surface area contributed by atoms with E-state index < -0.39 is 0 Å². The lowest BCUT2D eigenvalue weighted by Gasteiger charge is -2.09. The molecule has 4 heteroatoms. The highest BCUT2D eigenvalue weighted by Crippen LogP contribution is 2.28. The zero-order valence-corrected chi connectivity index (χ0v) is 11.2. The molecule has 0 unspecified atom stereocenters. The van der Waals surface area contributed by atoms with Crippen LogP contribution in [0.25, 0.3) is 0 Å². The monoisotopic (exact) mass is 284 g/mol. The molecular formula is C11H13BrN2S. The van der Waals surface area contributed by atoms with E-state index in [1.807, 2.05) is 18.2 Å². The van der Waals surface area contributed by atoms with Crippen LogP contribution in [0.2, 0.25) is 0 Å². The summed E-state index contributed by atoms with van der Waals surface area (Å²) in [5.41, 5.74) is 1.15. The van der Waals surface area contributed by atoms with Crippen molar-refractivity contribution in [3.8, 4) is 0 Å². The molecule has 0 radical (unpaired) electrons. The van der Waals surface area contributed by atoms with Gasteiger partial charge >= 0.3 is 0 Å². The second kappa shape index (κ2) is 4.18. The Balaban J connectivity index is 2.10. The summed E-state index contributed by atoms with van der Waals surface area (Å²) >= 11 is 5.22. The number of nitrogens with zero attached hydrogens (tertiary/aromatic N) is 1. The van der Waals surface area contributed by atoms with Crippen LogP contribution in [-0.2, 0) is 0 Å². The summed E-state index contributed by atoms with van der Waals surface area (Å²) in [6.07, 6.45) is 0. The molecule has 1 aliphatic rings. The average molecular weight is 285 g/mol. The van der Waals surface area contributed by atoms with Gasteiger partial charge in [0, 0.05) is 15.9 Å². The number of hydrogen-bond acceptors (Lipinski definition) is 3. The number of aliphatic imine (C=N–C) groups is 1. The van der Waals surface area contributed by atoms with Gasteiger partial charge in [0.1, 0.15) is 0 Å². The van der Waals surface area contributed by atoms with E-state index in [0.717, 1.165) is 21.1 Å². The molecule has 15 heavy (non-hydrogen) atoms. The largest absolute Gasteiger partial charge is 0.335 e. The number of rotatable bonds is 1. The third kappa shape index (κ3) is 2.98. The number of thioether (sulfide) groups is 1. The van der Waals surface area contributed by atoms with E-state index in [9.17, 15) is 0 Å². The van der Waals surface area contributed by atoms with Gasteiger partial charge < -0.3 is 5.32 Å². The standard InChI is InChI=1S/C11H13BrN2S/c1-11(2)7-15-10(14-11)13-9-5-3-4-8(12)6-9/h3-6H,7H2,1-2H3,(H,13,14). The Bertz CT molecular complexity index is 401. The molecule has 1 N–H and O–H groups in total. The summed E-state index contributed by atoms with van der Waals surface area (Å²) < 4.78 is 1.08. The third-order valence-corrected chi connectivity index (χ3v) is 3.85. The molecule has 0 aromatic heterocycles.